The average Bonchev–Trinajstić information content (AvgIpc) is 3.06. The van der Waals surface area contributed by atoms with Crippen LogP contribution in [-0.2, 0) is 16.0 Å². The molecule has 5 nitrogen and oxygen atoms in total. The molecular formula is C20H12F6N2O3S. The molecule has 0 amide bonds. The van der Waals surface area contributed by atoms with E-state index in [4.69, 9.17) is 0 Å². The lowest BCUT2D eigenvalue weighted by molar-refractivity contribution is -0.274. The number of aromatic nitrogens is 2. The number of fused-ring (bicyclic) bond motifs is 3. The SMILES string of the molecule is CS(=O)(=O)c1ccc(-n2nc(C(F)(F)F)c3ccc4cc(OC(F)(F)F)ccc4c32)cc1. The molecule has 12 heteroatoms. The van der Waals surface area contributed by atoms with E-state index >= 15 is 0 Å². The zero-order valence-electron chi connectivity index (χ0n) is 16.0. The minimum Gasteiger partial charge on any atom is -0.406 e. The molecule has 0 fully saturated rings. The van der Waals surface area contributed by atoms with Crippen LogP contribution in [0, 0.1) is 0 Å². The zero-order valence-corrected chi connectivity index (χ0v) is 16.8. The molecule has 0 atom stereocenters. The second kappa shape index (κ2) is 7.12. The largest absolute Gasteiger partial charge is 0.573 e. The monoisotopic (exact) mass is 474 g/mol. The van der Waals surface area contributed by atoms with Crippen LogP contribution in [-0.4, -0.2) is 30.8 Å². The number of hydrogen-bond donors (Lipinski definition) is 0. The van der Waals surface area contributed by atoms with E-state index in [1.165, 1.54) is 36.4 Å². The highest BCUT2D eigenvalue weighted by atomic mass is 32.2. The minimum absolute atomic E-state index is 0.000453. The molecule has 0 aliphatic heterocycles. The van der Waals surface area contributed by atoms with Gasteiger partial charge in [-0.1, -0.05) is 6.07 Å². The molecule has 1 aromatic heterocycles. The molecule has 0 bridgehead atoms. The standard InChI is InChI=1S/C20H12F6N2O3S/c1-32(29,30)14-6-3-12(4-7-14)28-17-15-9-5-13(31-20(24,25)26)10-11(15)2-8-16(17)18(27-28)19(21,22)23/h2-10H,1H3. The smallest absolute Gasteiger partial charge is 0.406 e. The predicted molar refractivity (Wildman–Crippen MR) is 103 cm³/mol. The summed E-state index contributed by atoms with van der Waals surface area (Å²) in [5, 5.41) is 3.82. The van der Waals surface area contributed by atoms with Crippen molar-refractivity contribution in [3.05, 3.63) is 60.3 Å². The zero-order chi connectivity index (χ0) is 23.5. The molecular weight excluding hydrogens is 462 g/mol. The van der Waals surface area contributed by atoms with Gasteiger partial charge in [-0.05, 0) is 53.9 Å². The predicted octanol–water partition coefficient (Wildman–Crippen LogP) is 5.50. The quantitative estimate of drug-likeness (QED) is 0.368. The first-order chi connectivity index (χ1) is 14.7. The molecule has 32 heavy (non-hydrogen) atoms. The number of alkyl halides is 6. The number of rotatable bonds is 3. The van der Waals surface area contributed by atoms with Gasteiger partial charge in [-0.15, -0.1) is 13.2 Å². The van der Waals surface area contributed by atoms with Crippen molar-refractivity contribution in [2.24, 2.45) is 0 Å². The number of sulfone groups is 1. The van der Waals surface area contributed by atoms with E-state index in [0.717, 1.165) is 29.1 Å². The summed E-state index contributed by atoms with van der Waals surface area (Å²) in [6, 6.07) is 10.7. The summed E-state index contributed by atoms with van der Waals surface area (Å²) < 4.78 is 107. The third-order valence-corrected chi connectivity index (χ3v) is 5.77. The molecule has 0 aliphatic rings. The minimum atomic E-state index is -4.93. The van der Waals surface area contributed by atoms with Gasteiger partial charge >= 0.3 is 12.5 Å². The van der Waals surface area contributed by atoms with Gasteiger partial charge in [0.2, 0.25) is 0 Å². The Morgan fingerprint density at radius 2 is 1.50 bits per heavy atom. The molecule has 168 valence electrons. The van der Waals surface area contributed by atoms with Crippen molar-refractivity contribution >= 4 is 31.5 Å². The van der Waals surface area contributed by atoms with Crippen LogP contribution >= 0.6 is 0 Å². The lowest BCUT2D eigenvalue weighted by Gasteiger charge is -2.11. The van der Waals surface area contributed by atoms with Gasteiger partial charge in [-0.2, -0.15) is 18.3 Å². The summed E-state index contributed by atoms with van der Waals surface area (Å²) in [5.41, 5.74) is -1.04. The van der Waals surface area contributed by atoms with Crippen molar-refractivity contribution in [1.82, 2.24) is 9.78 Å². The summed E-state index contributed by atoms with van der Waals surface area (Å²) in [7, 11) is -3.53. The maximum atomic E-state index is 13.6. The average molecular weight is 474 g/mol. The van der Waals surface area contributed by atoms with Crippen molar-refractivity contribution in [2.45, 2.75) is 17.4 Å². The van der Waals surface area contributed by atoms with Gasteiger partial charge in [0.1, 0.15) is 5.75 Å². The summed E-state index contributed by atoms with van der Waals surface area (Å²) in [4.78, 5) is -0.0347. The molecule has 3 aromatic carbocycles. The number of halogens is 6. The van der Waals surface area contributed by atoms with Gasteiger partial charge in [0.05, 0.1) is 16.1 Å². The first-order valence-electron chi connectivity index (χ1n) is 8.83. The van der Waals surface area contributed by atoms with Gasteiger partial charge in [0.15, 0.2) is 15.5 Å². The Morgan fingerprint density at radius 1 is 0.875 bits per heavy atom. The molecule has 0 N–H and O–H groups in total. The Hall–Kier alpha value is -3.28. The Balaban J connectivity index is 1.98. The van der Waals surface area contributed by atoms with E-state index in [1.807, 2.05) is 0 Å². The Labute approximate surface area is 176 Å². The van der Waals surface area contributed by atoms with E-state index in [0.29, 0.717) is 0 Å². The maximum absolute atomic E-state index is 13.6. The topological polar surface area (TPSA) is 61.2 Å². The van der Waals surface area contributed by atoms with Gasteiger partial charge in [-0.3, -0.25) is 0 Å². The molecule has 0 aliphatic carbocycles. The Kier molecular flexibility index (Phi) is 4.88. The van der Waals surface area contributed by atoms with Crippen molar-refractivity contribution in [3.8, 4) is 11.4 Å². The highest BCUT2D eigenvalue weighted by Crippen LogP contribution is 2.39. The summed E-state index contributed by atoms with van der Waals surface area (Å²) in [6.07, 6.45) is -8.74. The lowest BCUT2D eigenvalue weighted by atomic mass is 10.1. The van der Waals surface area contributed by atoms with E-state index < -0.39 is 33.8 Å². The molecule has 0 saturated carbocycles. The van der Waals surface area contributed by atoms with Crippen LogP contribution in [0.25, 0.3) is 27.4 Å². The Morgan fingerprint density at radius 3 is 2.06 bits per heavy atom. The van der Waals surface area contributed by atoms with Gasteiger partial charge in [-0.25, -0.2) is 13.1 Å². The highest BCUT2D eigenvalue weighted by molar-refractivity contribution is 7.90. The van der Waals surface area contributed by atoms with Crippen molar-refractivity contribution in [2.75, 3.05) is 6.26 Å². The fourth-order valence-corrected chi connectivity index (χ4v) is 3.97. The van der Waals surface area contributed by atoms with E-state index in [2.05, 4.69) is 9.84 Å². The van der Waals surface area contributed by atoms with Crippen molar-refractivity contribution < 1.29 is 39.5 Å². The highest BCUT2D eigenvalue weighted by Gasteiger charge is 2.37. The van der Waals surface area contributed by atoms with E-state index in [9.17, 15) is 34.8 Å². The van der Waals surface area contributed by atoms with Crippen LogP contribution in [0.2, 0.25) is 0 Å². The summed E-state index contributed by atoms with van der Waals surface area (Å²) in [5.74, 6) is -0.524. The molecule has 4 aromatic rings. The third-order valence-electron chi connectivity index (χ3n) is 4.64. The fourth-order valence-electron chi connectivity index (χ4n) is 3.34. The van der Waals surface area contributed by atoms with Crippen LogP contribution in [0.5, 0.6) is 5.75 Å². The molecule has 0 spiro atoms. The van der Waals surface area contributed by atoms with Crippen LogP contribution in [0.3, 0.4) is 0 Å². The summed E-state index contributed by atoms with van der Waals surface area (Å²) in [6.45, 7) is 0. The van der Waals surface area contributed by atoms with E-state index in [-0.39, 0.29) is 32.3 Å². The number of hydrogen-bond acceptors (Lipinski definition) is 4. The number of ether oxygens (including phenoxy) is 1. The van der Waals surface area contributed by atoms with Crippen LogP contribution in [0.1, 0.15) is 5.69 Å². The lowest BCUT2D eigenvalue weighted by Crippen LogP contribution is -2.16. The Bertz CT molecular complexity index is 1440. The number of nitrogens with zero attached hydrogens (tertiary/aromatic N) is 2. The van der Waals surface area contributed by atoms with Gasteiger partial charge in [0, 0.05) is 17.0 Å². The second-order valence-corrected chi connectivity index (χ2v) is 8.93. The van der Waals surface area contributed by atoms with Crippen LogP contribution in [0.15, 0.2) is 59.5 Å². The van der Waals surface area contributed by atoms with Gasteiger partial charge < -0.3 is 4.74 Å². The first-order valence-corrected chi connectivity index (χ1v) is 10.7. The molecule has 0 unspecified atom stereocenters. The fraction of sp³-hybridized carbons (Fsp3) is 0.150. The van der Waals surface area contributed by atoms with Crippen LogP contribution < -0.4 is 4.74 Å². The van der Waals surface area contributed by atoms with Crippen molar-refractivity contribution in [3.63, 3.8) is 0 Å². The van der Waals surface area contributed by atoms with Crippen LogP contribution in [0.4, 0.5) is 26.3 Å². The number of benzene rings is 3. The third kappa shape index (κ3) is 4.09. The maximum Gasteiger partial charge on any atom is 0.573 e. The molecule has 1 heterocycles. The van der Waals surface area contributed by atoms with Crippen molar-refractivity contribution in [1.29, 1.82) is 0 Å². The molecule has 0 saturated heterocycles. The molecule has 0 radical (unpaired) electrons. The second-order valence-electron chi connectivity index (χ2n) is 6.92. The normalized spacial score (nSPS) is 13.1. The summed E-state index contributed by atoms with van der Waals surface area (Å²) >= 11 is 0. The first kappa shape index (κ1) is 21.9. The molecule has 4 rings (SSSR count). The van der Waals surface area contributed by atoms with Gasteiger partial charge in [0.25, 0.3) is 0 Å². The van der Waals surface area contributed by atoms with E-state index in [1.54, 1.807) is 0 Å².